The summed E-state index contributed by atoms with van der Waals surface area (Å²) in [5, 5.41) is 19.5. The molecule has 2 unspecified atom stereocenters. The molecule has 2 aromatic rings. The highest BCUT2D eigenvalue weighted by atomic mass is 32.2. The number of nitrogens with zero attached hydrogens (tertiary/aromatic N) is 3. The van der Waals surface area contributed by atoms with Crippen LogP contribution in [-0.4, -0.2) is 47.3 Å². The standard InChI is InChI=1S/C21H29N3O5S2/c1-3-5-6-16(4-2)14-24(28)31(29)19-8-7-18(30-19)15-23(20(25)21(26)27)13-17-9-11-22-12-10-17/h7-12,16,28H,3-6,13-15H2,1-2H3,(H,26,27). The lowest BCUT2D eigenvalue weighted by Crippen LogP contribution is -2.35. The van der Waals surface area contributed by atoms with Crippen molar-refractivity contribution >= 4 is 34.2 Å². The predicted molar refractivity (Wildman–Crippen MR) is 119 cm³/mol. The van der Waals surface area contributed by atoms with Crippen LogP contribution < -0.4 is 0 Å². The van der Waals surface area contributed by atoms with E-state index in [4.69, 9.17) is 5.11 Å². The summed E-state index contributed by atoms with van der Waals surface area (Å²) in [7, 11) is -1.73. The number of carboxylic acid groups (broad SMARTS) is 1. The van der Waals surface area contributed by atoms with Crippen molar-refractivity contribution in [3.05, 3.63) is 47.1 Å². The summed E-state index contributed by atoms with van der Waals surface area (Å²) in [5.74, 6) is -2.29. The summed E-state index contributed by atoms with van der Waals surface area (Å²) < 4.78 is 14.0. The Morgan fingerprint density at radius 1 is 1.16 bits per heavy atom. The Morgan fingerprint density at radius 2 is 1.87 bits per heavy atom. The largest absolute Gasteiger partial charge is 0.474 e. The number of aliphatic carboxylic acids is 1. The van der Waals surface area contributed by atoms with E-state index in [1.54, 1.807) is 36.7 Å². The Kier molecular flexibility index (Phi) is 10.3. The van der Waals surface area contributed by atoms with Crippen molar-refractivity contribution in [1.29, 1.82) is 0 Å². The zero-order valence-corrected chi connectivity index (χ0v) is 19.4. The highest BCUT2D eigenvalue weighted by Gasteiger charge is 2.24. The van der Waals surface area contributed by atoms with E-state index in [0.29, 0.717) is 15.6 Å². The van der Waals surface area contributed by atoms with Crippen LogP contribution in [0.25, 0.3) is 0 Å². The third-order valence-electron chi connectivity index (χ3n) is 4.90. The second-order valence-electron chi connectivity index (χ2n) is 7.24. The van der Waals surface area contributed by atoms with Gasteiger partial charge in [0.05, 0.1) is 6.54 Å². The zero-order chi connectivity index (χ0) is 22.8. The molecular weight excluding hydrogens is 438 g/mol. The number of carbonyl (C=O) groups is 2. The molecule has 2 aromatic heterocycles. The molecule has 2 rings (SSSR count). The molecule has 170 valence electrons. The van der Waals surface area contributed by atoms with Crippen molar-refractivity contribution in [2.45, 2.75) is 56.8 Å². The number of rotatable bonds is 12. The Bertz CT molecular complexity index is 875. The van der Waals surface area contributed by atoms with Gasteiger partial charge >= 0.3 is 11.9 Å². The van der Waals surface area contributed by atoms with E-state index < -0.39 is 22.9 Å². The summed E-state index contributed by atoms with van der Waals surface area (Å²) in [4.78, 5) is 29.2. The lowest BCUT2D eigenvalue weighted by molar-refractivity contribution is -0.156. The average Bonchev–Trinajstić information content (AvgIpc) is 3.24. The fraction of sp³-hybridized carbons (Fsp3) is 0.476. The van der Waals surface area contributed by atoms with Gasteiger partial charge in [0.2, 0.25) is 0 Å². The summed E-state index contributed by atoms with van der Waals surface area (Å²) in [5.41, 5.74) is 0.754. The Balaban J connectivity index is 2.06. The van der Waals surface area contributed by atoms with Crippen molar-refractivity contribution < 1.29 is 24.1 Å². The van der Waals surface area contributed by atoms with Crippen LogP contribution in [0.4, 0.5) is 0 Å². The third kappa shape index (κ3) is 7.80. The predicted octanol–water partition coefficient (Wildman–Crippen LogP) is 3.69. The van der Waals surface area contributed by atoms with Crippen LogP contribution >= 0.6 is 11.3 Å². The van der Waals surface area contributed by atoms with Crippen LogP contribution in [-0.2, 0) is 33.7 Å². The first-order chi connectivity index (χ1) is 14.8. The molecule has 31 heavy (non-hydrogen) atoms. The molecule has 0 radical (unpaired) electrons. The molecule has 0 aromatic carbocycles. The van der Waals surface area contributed by atoms with Crippen LogP contribution in [0.1, 0.15) is 50.0 Å². The van der Waals surface area contributed by atoms with Gasteiger partial charge in [-0.3, -0.25) is 9.78 Å². The molecule has 0 bridgehead atoms. The number of thiophene rings is 1. The second-order valence-corrected chi connectivity index (χ2v) is 10.0. The Labute approximate surface area is 189 Å². The topological polar surface area (TPSA) is 111 Å². The van der Waals surface area contributed by atoms with Crippen molar-refractivity contribution in [2.75, 3.05) is 6.54 Å². The molecule has 0 fully saturated rings. The monoisotopic (exact) mass is 467 g/mol. The Hall–Kier alpha value is -2.14. The quantitative estimate of drug-likeness (QED) is 0.364. The van der Waals surface area contributed by atoms with Gasteiger partial charge < -0.3 is 15.2 Å². The van der Waals surface area contributed by atoms with Gasteiger partial charge in [0.15, 0.2) is 11.0 Å². The van der Waals surface area contributed by atoms with Crippen molar-refractivity contribution in [3.8, 4) is 0 Å². The van der Waals surface area contributed by atoms with Crippen LogP contribution in [0.15, 0.2) is 40.9 Å². The van der Waals surface area contributed by atoms with Gasteiger partial charge in [-0.15, -0.1) is 15.8 Å². The smallest absolute Gasteiger partial charge is 0.394 e. The highest BCUT2D eigenvalue weighted by Crippen LogP contribution is 2.25. The number of carboxylic acids is 1. The fourth-order valence-electron chi connectivity index (χ4n) is 3.08. The summed E-state index contributed by atoms with van der Waals surface area (Å²) >= 11 is 1.19. The molecule has 2 atom stereocenters. The minimum Gasteiger partial charge on any atom is -0.474 e. The average molecular weight is 468 g/mol. The summed E-state index contributed by atoms with van der Waals surface area (Å²) in [6, 6.07) is 6.77. The normalized spacial score (nSPS) is 13.2. The van der Waals surface area contributed by atoms with Crippen LogP contribution in [0.3, 0.4) is 0 Å². The van der Waals surface area contributed by atoms with Gasteiger partial charge in [0.1, 0.15) is 4.21 Å². The number of hydrogen-bond acceptors (Lipinski definition) is 6. The minimum atomic E-state index is -1.73. The number of carbonyl (C=O) groups excluding carboxylic acids is 1. The SMILES string of the molecule is CCCCC(CC)CN(O)S(=O)c1ccc(CN(Cc2ccncc2)C(=O)C(=O)O)s1. The first-order valence-electron chi connectivity index (χ1n) is 10.2. The first-order valence-corrected chi connectivity index (χ1v) is 12.2. The fourth-order valence-corrected chi connectivity index (χ4v) is 5.43. The van der Waals surface area contributed by atoms with Crippen LogP contribution in [0.5, 0.6) is 0 Å². The van der Waals surface area contributed by atoms with E-state index in [-0.39, 0.29) is 19.0 Å². The maximum Gasteiger partial charge on any atom is 0.394 e. The van der Waals surface area contributed by atoms with Crippen molar-refractivity contribution in [3.63, 3.8) is 0 Å². The Morgan fingerprint density at radius 3 is 2.48 bits per heavy atom. The van der Waals surface area contributed by atoms with E-state index in [0.717, 1.165) is 35.7 Å². The lowest BCUT2D eigenvalue weighted by Gasteiger charge is -2.20. The molecule has 0 aliphatic carbocycles. The number of unbranched alkanes of at least 4 members (excludes halogenated alkanes) is 1. The summed E-state index contributed by atoms with van der Waals surface area (Å²) in [6.07, 6.45) is 7.15. The second kappa shape index (κ2) is 12.7. The van der Waals surface area contributed by atoms with E-state index in [2.05, 4.69) is 18.8 Å². The van der Waals surface area contributed by atoms with Crippen LogP contribution in [0.2, 0.25) is 0 Å². The first kappa shape index (κ1) is 25.1. The van der Waals surface area contributed by atoms with Gasteiger partial charge in [-0.25, -0.2) is 9.00 Å². The van der Waals surface area contributed by atoms with E-state index >= 15 is 0 Å². The van der Waals surface area contributed by atoms with Gasteiger partial charge in [0, 0.05) is 30.4 Å². The van der Waals surface area contributed by atoms with E-state index in [1.165, 1.54) is 16.2 Å². The summed E-state index contributed by atoms with van der Waals surface area (Å²) in [6.45, 7) is 4.67. The molecule has 0 saturated heterocycles. The maximum absolute atomic E-state index is 12.7. The van der Waals surface area contributed by atoms with E-state index in [9.17, 15) is 19.0 Å². The number of hydroxylamine groups is 1. The van der Waals surface area contributed by atoms with Gasteiger partial charge in [-0.1, -0.05) is 33.1 Å². The molecule has 10 heteroatoms. The molecule has 8 nitrogen and oxygen atoms in total. The molecule has 1 amide bonds. The molecule has 2 N–H and O–H groups in total. The van der Waals surface area contributed by atoms with Gasteiger partial charge in [-0.2, -0.15) is 0 Å². The molecule has 2 heterocycles. The minimum absolute atomic E-state index is 0.0643. The number of aromatic nitrogens is 1. The number of hydrogen-bond donors (Lipinski definition) is 2. The van der Waals surface area contributed by atoms with Gasteiger partial charge in [-0.05, 0) is 42.2 Å². The van der Waals surface area contributed by atoms with Crippen molar-refractivity contribution in [1.82, 2.24) is 14.4 Å². The third-order valence-corrected chi connectivity index (χ3v) is 7.45. The van der Waals surface area contributed by atoms with Gasteiger partial charge in [0.25, 0.3) is 0 Å². The van der Waals surface area contributed by atoms with Crippen molar-refractivity contribution in [2.24, 2.45) is 5.92 Å². The molecule has 0 aliphatic heterocycles. The molecule has 0 spiro atoms. The lowest BCUT2D eigenvalue weighted by atomic mass is 10.00. The highest BCUT2D eigenvalue weighted by molar-refractivity contribution is 7.84. The number of pyridine rings is 1. The molecule has 0 saturated carbocycles. The van der Waals surface area contributed by atoms with Crippen LogP contribution in [0, 0.1) is 5.92 Å². The molecule has 0 aliphatic rings. The zero-order valence-electron chi connectivity index (χ0n) is 17.8. The molecular formula is C21H29N3O5S2. The maximum atomic E-state index is 12.7. The number of amides is 1. The van der Waals surface area contributed by atoms with E-state index in [1.807, 2.05) is 0 Å².